The Morgan fingerprint density at radius 1 is 1.09 bits per heavy atom. The van der Waals surface area contributed by atoms with Crippen LogP contribution in [0.1, 0.15) is 54.0 Å². The average Bonchev–Trinajstić information content (AvgIpc) is 3.34. The number of hydrogen-bond donors (Lipinski definition) is 1. The molecule has 0 radical (unpaired) electrons. The Morgan fingerprint density at radius 2 is 1.79 bits per heavy atom. The van der Waals surface area contributed by atoms with Crippen LogP contribution in [0.3, 0.4) is 0 Å². The average molecular weight is 484 g/mol. The van der Waals surface area contributed by atoms with Gasteiger partial charge in [-0.25, -0.2) is 17.7 Å². The molecule has 2 aromatic carbocycles. The number of aromatic nitrogens is 1. The number of thiazole rings is 1. The minimum absolute atomic E-state index is 0.186. The molecule has 1 aliphatic heterocycles. The van der Waals surface area contributed by atoms with Crippen LogP contribution in [-0.2, 0) is 10.0 Å². The van der Waals surface area contributed by atoms with E-state index in [0.29, 0.717) is 25.2 Å². The predicted molar refractivity (Wildman–Crippen MR) is 134 cm³/mol. The largest absolute Gasteiger partial charge is 0.320 e. The Morgan fingerprint density at radius 3 is 2.52 bits per heavy atom. The Labute approximate surface area is 199 Å². The van der Waals surface area contributed by atoms with E-state index in [1.54, 1.807) is 9.69 Å². The second-order valence-electron chi connectivity index (χ2n) is 8.28. The zero-order chi connectivity index (χ0) is 23.3. The number of nitrogens with zero attached hydrogens (tertiary/aromatic N) is 2. The van der Waals surface area contributed by atoms with Crippen LogP contribution in [0.2, 0.25) is 0 Å². The summed E-state index contributed by atoms with van der Waals surface area (Å²) in [5, 5.41) is 5.70. The van der Waals surface area contributed by atoms with Crippen molar-refractivity contribution in [3.05, 3.63) is 70.7 Å². The van der Waals surface area contributed by atoms with Gasteiger partial charge < -0.3 is 5.32 Å². The maximum atomic E-state index is 12.9. The molecule has 4 rings (SSSR count). The second-order valence-corrected chi connectivity index (χ2v) is 11.3. The van der Waals surface area contributed by atoms with Crippen LogP contribution in [0, 0.1) is 0 Å². The monoisotopic (exact) mass is 483 g/mol. The van der Waals surface area contributed by atoms with Crippen LogP contribution in [0.5, 0.6) is 0 Å². The second kappa shape index (κ2) is 10.6. The molecule has 2 heterocycles. The van der Waals surface area contributed by atoms with Gasteiger partial charge in [0.25, 0.3) is 5.91 Å². The third-order valence-electron chi connectivity index (χ3n) is 5.97. The van der Waals surface area contributed by atoms with Gasteiger partial charge in [-0.2, -0.15) is 0 Å². The molecule has 174 valence electrons. The zero-order valence-corrected chi connectivity index (χ0v) is 20.4. The highest BCUT2D eigenvalue weighted by Crippen LogP contribution is 2.32. The smallest absolute Gasteiger partial charge is 0.275 e. The van der Waals surface area contributed by atoms with Crippen LogP contribution in [0.15, 0.2) is 60.0 Å². The molecule has 0 aliphatic carbocycles. The lowest BCUT2D eigenvalue weighted by Gasteiger charge is -2.30. The summed E-state index contributed by atoms with van der Waals surface area (Å²) >= 11 is 1.48. The van der Waals surface area contributed by atoms with E-state index >= 15 is 0 Å². The summed E-state index contributed by atoms with van der Waals surface area (Å²) in [7, 11) is -3.17. The highest BCUT2D eigenvalue weighted by Gasteiger charge is 2.29. The van der Waals surface area contributed by atoms with Gasteiger partial charge in [-0.3, -0.25) is 4.79 Å². The lowest BCUT2D eigenvalue weighted by Crippen LogP contribution is -2.39. The quantitative estimate of drug-likeness (QED) is 0.467. The molecule has 8 heteroatoms. The maximum Gasteiger partial charge on any atom is 0.275 e. The predicted octanol–water partition coefficient (Wildman–Crippen LogP) is 5.37. The summed E-state index contributed by atoms with van der Waals surface area (Å²) in [6.07, 6.45) is 3.03. The van der Waals surface area contributed by atoms with Gasteiger partial charge in [-0.15, -0.1) is 11.3 Å². The number of para-hydroxylation sites is 1. The summed E-state index contributed by atoms with van der Waals surface area (Å²) in [6.45, 7) is 3.03. The van der Waals surface area contributed by atoms with E-state index in [4.69, 9.17) is 0 Å². The van der Waals surface area contributed by atoms with Crippen molar-refractivity contribution in [3.63, 3.8) is 0 Å². The Bertz CT molecular complexity index is 1180. The molecule has 0 spiro atoms. The molecule has 3 aromatic rings. The lowest BCUT2D eigenvalue weighted by atomic mass is 9.99. The zero-order valence-electron chi connectivity index (χ0n) is 18.7. The van der Waals surface area contributed by atoms with E-state index in [9.17, 15) is 13.2 Å². The maximum absolute atomic E-state index is 12.9. The van der Waals surface area contributed by atoms with Gasteiger partial charge in [0.05, 0.1) is 10.8 Å². The van der Waals surface area contributed by atoms with Gasteiger partial charge in [-0.1, -0.05) is 61.9 Å². The first-order valence-electron chi connectivity index (χ1n) is 11.4. The molecule has 33 heavy (non-hydrogen) atoms. The normalized spacial score (nSPS) is 15.4. The molecule has 1 aromatic heterocycles. The molecule has 1 fully saturated rings. The summed E-state index contributed by atoms with van der Waals surface area (Å²) in [4.78, 5) is 17.5. The number of nitrogens with one attached hydrogen (secondary N) is 1. The van der Waals surface area contributed by atoms with E-state index in [-0.39, 0.29) is 17.6 Å². The Hall–Kier alpha value is -2.55. The van der Waals surface area contributed by atoms with Crippen molar-refractivity contribution in [3.8, 4) is 11.1 Å². The number of unbranched alkanes of at least 4 members (excludes halogenated alkanes) is 1. The molecule has 0 bridgehead atoms. The third-order valence-corrected chi connectivity index (χ3v) is 8.93. The first kappa shape index (κ1) is 23.6. The number of piperidine rings is 1. The fourth-order valence-corrected chi connectivity index (χ4v) is 6.71. The highest BCUT2D eigenvalue weighted by molar-refractivity contribution is 7.89. The molecule has 0 saturated carbocycles. The van der Waals surface area contributed by atoms with Crippen molar-refractivity contribution in [2.24, 2.45) is 0 Å². The topological polar surface area (TPSA) is 79.4 Å². The van der Waals surface area contributed by atoms with Crippen molar-refractivity contribution in [2.45, 2.75) is 38.5 Å². The summed E-state index contributed by atoms with van der Waals surface area (Å²) in [5.41, 5.74) is 3.14. The first-order valence-corrected chi connectivity index (χ1v) is 13.9. The molecule has 0 unspecified atom stereocenters. The van der Waals surface area contributed by atoms with Crippen LogP contribution < -0.4 is 5.32 Å². The van der Waals surface area contributed by atoms with Gasteiger partial charge >= 0.3 is 0 Å². The van der Waals surface area contributed by atoms with E-state index in [0.717, 1.165) is 41.1 Å². The summed E-state index contributed by atoms with van der Waals surface area (Å²) in [6, 6.07) is 17.7. The van der Waals surface area contributed by atoms with Gasteiger partial charge in [0.1, 0.15) is 5.69 Å². The van der Waals surface area contributed by atoms with Crippen molar-refractivity contribution in [1.29, 1.82) is 0 Å². The van der Waals surface area contributed by atoms with Gasteiger partial charge in [-0.05, 0) is 30.9 Å². The molecule has 1 saturated heterocycles. The number of amides is 1. The fourth-order valence-electron chi connectivity index (χ4n) is 4.06. The number of benzene rings is 2. The van der Waals surface area contributed by atoms with Crippen molar-refractivity contribution >= 4 is 33.0 Å². The van der Waals surface area contributed by atoms with E-state index in [1.165, 1.54) is 11.3 Å². The van der Waals surface area contributed by atoms with Crippen LogP contribution in [0.25, 0.3) is 11.1 Å². The number of rotatable bonds is 8. The van der Waals surface area contributed by atoms with Crippen molar-refractivity contribution < 1.29 is 13.2 Å². The standard InChI is InChI=1S/C25H29N3O3S2/c1-2-3-17-33(30,31)28-15-13-20(14-16-28)25-27-23(18-32-25)24(29)26-22-12-8-7-11-21(22)19-9-5-4-6-10-19/h4-12,18,20H,2-3,13-17H2,1H3,(H,26,29). The third kappa shape index (κ3) is 5.69. The molecular formula is C25H29N3O3S2. The van der Waals surface area contributed by atoms with Gasteiger partial charge in [0, 0.05) is 35.6 Å². The van der Waals surface area contributed by atoms with Crippen molar-refractivity contribution in [2.75, 3.05) is 24.2 Å². The molecule has 1 aliphatic rings. The molecule has 1 N–H and O–H groups in total. The lowest BCUT2D eigenvalue weighted by molar-refractivity contribution is 0.102. The van der Waals surface area contributed by atoms with Crippen LogP contribution in [0.4, 0.5) is 5.69 Å². The summed E-state index contributed by atoms with van der Waals surface area (Å²) in [5.74, 6) is 0.173. The number of anilines is 1. The van der Waals surface area contributed by atoms with Crippen LogP contribution in [-0.4, -0.2) is 42.5 Å². The van der Waals surface area contributed by atoms with E-state index < -0.39 is 10.0 Å². The number of carbonyl (C=O) groups is 1. The Kier molecular flexibility index (Phi) is 7.57. The SMILES string of the molecule is CCCCS(=O)(=O)N1CCC(c2nc(C(=O)Nc3ccccc3-c3ccccc3)cs2)CC1. The molecule has 6 nitrogen and oxygen atoms in total. The van der Waals surface area contributed by atoms with E-state index in [1.807, 2.05) is 61.5 Å². The summed E-state index contributed by atoms with van der Waals surface area (Å²) < 4.78 is 26.5. The fraction of sp³-hybridized carbons (Fsp3) is 0.360. The van der Waals surface area contributed by atoms with E-state index in [2.05, 4.69) is 10.3 Å². The molecular weight excluding hydrogens is 454 g/mol. The number of hydrogen-bond acceptors (Lipinski definition) is 5. The molecule has 1 amide bonds. The number of sulfonamides is 1. The number of carbonyl (C=O) groups excluding carboxylic acids is 1. The minimum atomic E-state index is -3.17. The van der Waals surface area contributed by atoms with Gasteiger partial charge in [0.15, 0.2) is 0 Å². The first-order chi connectivity index (χ1) is 16.0. The van der Waals surface area contributed by atoms with Crippen LogP contribution >= 0.6 is 11.3 Å². The Balaban J connectivity index is 1.40. The minimum Gasteiger partial charge on any atom is -0.320 e. The van der Waals surface area contributed by atoms with Crippen molar-refractivity contribution in [1.82, 2.24) is 9.29 Å². The molecule has 0 atom stereocenters. The highest BCUT2D eigenvalue weighted by atomic mass is 32.2. The van der Waals surface area contributed by atoms with Gasteiger partial charge in [0.2, 0.25) is 10.0 Å².